The number of nitrogens with two attached hydrogens (primary N) is 1. The van der Waals surface area contributed by atoms with Crippen molar-refractivity contribution >= 4 is 5.91 Å². The molecule has 0 bridgehead atoms. The van der Waals surface area contributed by atoms with Crippen molar-refractivity contribution in [3.63, 3.8) is 0 Å². The molecular formula is C11H16N2O2. The van der Waals surface area contributed by atoms with E-state index in [4.69, 9.17) is 10.6 Å². The van der Waals surface area contributed by atoms with Gasteiger partial charge in [0.05, 0.1) is 6.61 Å². The molecule has 0 aromatic heterocycles. The van der Waals surface area contributed by atoms with Crippen molar-refractivity contribution in [2.45, 2.75) is 19.8 Å². The van der Waals surface area contributed by atoms with Gasteiger partial charge in [0.15, 0.2) is 0 Å². The van der Waals surface area contributed by atoms with E-state index < -0.39 is 0 Å². The van der Waals surface area contributed by atoms with Crippen molar-refractivity contribution in [2.75, 3.05) is 6.61 Å². The summed E-state index contributed by atoms with van der Waals surface area (Å²) < 4.78 is 5.51. The number of hydrogen-bond acceptors (Lipinski definition) is 3. The van der Waals surface area contributed by atoms with Crippen LogP contribution in [-0.4, -0.2) is 12.5 Å². The number of para-hydroxylation sites is 1. The van der Waals surface area contributed by atoms with E-state index in [9.17, 15) is 4.79 Å². The molecule has 0 saturated carbocycles. The number of amides is 1. The van der Waals surface area contributed by atoms with Gasteiger partial charge in [-0.3, -0.25) is 10.2 Å². The number of carbonyl (C=O) groups is 1. The van der Waals surface area contributed by atoms with E-state index in [-0.39, 0.29) is 5.91 Å². The molecule has 0 aliphatic carbocycles. The number of nitrogens with one attached hydrogen (secondary N) is 1. The maximum absolute atomic E-state index is 10.8. The number of hydrogen-bond donors (Lipinski definition) is 2. The van der Waals surface area contributed by atoms with Crippen molar-refractivity contribution < 1.29 is 9.53 Å². The smallest absolute Gasteiger partial charge is 0.234 e. The Bertz CT molecular complexity index is 326. The van der Waals surface area contributed by atoms with Gasteiger partial charge in [-0.05, 0) is 25.0 Å². The molecule has 0 heterocycles. The van der Waals surface area contributed by atoms with Crippen LogP contribution in [0.4, 0.5) is 0 Å². The van der Waals surface area contributed by atoms with E-state index in [1.165, 1.54) is 0 Å². The molecule has 0 fully saturated rings. The summed E-state index contributed by atoms with van der Waals surface area (Å²) in [5.74, 6) is 5.65. The Kier molecular flexibility index (Phi) is 4.63. The van der Waals surface area contributed by atoms with Crippen LogP contribution in [0.1, 0.15) is 18.4 Å². The topological polar surface area (TPSA) is 64.3 Å². The Morgan fingerprint density at radius 3 is 2.87 bits per heavy atom. The van der Waals surface area contributed by atoms with Crippen LogP contribution in [0.25, 0.3) is 0 Å². The molecule has 0 spiro atoms. The van der Waals surface area contributed by atoms with Gasteiger partial charge in [-0.25, -0.2) is 5.84 Å². The summed E-state index contributed by atoms with van der Waals surface area (Å²) >= 11 is 0. The molecule has 1 aromatic rings. The molecule has 82 valence electrons. The van der Waals surface area contributed by atoms with E-state index in [0.717, 1.165) is 11.3 Å². The Balaban J connectivity index is 2.26. The molecule has 0 unspecified atom stereocenters. The van der Waals surface area contributed by atoms with Gasteiger partial charge in [-0.1, -0.05) is 18.2 Å². The predicted octanol–water partition coefficient (Wildman–Crippen LogP) is 1.14. The summed E-state index contributed by atoms with van der Waals surface area (Å²) in [7, 11) is 0. The van der Waals surface area contributed by atoms with Crippen molar-refractivity contribution in [1.82, 2.24) is 5.43 Å². The second kappa shape index (κ2) is 6.03. The van der Waals surface area contributed by atoms with Crippen LogP contribution in [0.15, 0.2) is 24.3 Å². The lowest BCUT2D eigenvalue weighted by molar-refractivity contribution is -0.121. The standard InChI is InChI=1S/C11H16N2O2/c1-9-5-2-3-6-10(9)15-8-4-7-11(14)13-12/h2-3,5-6H,4,7-8,12H2,1H3,(H,13,14). The highest BCUT2D eigenvalue weighted by Crippen LogP contribution is 2.16. The lowest BCUT2D eigenvalue weighted by Crippen LogP contribution is -2.29. The zero-order chi connectivity index (χ0) is 11.1. The number of rotatable bonds is 5. The Morgan fingerprint density at radius 2 is 2.20 bits per heavy atom. The first-order chi connectivity index (χ1) is 7.24. The monoisotopic (exact) mass is 208 g/mol. The molecule has 3 N–H and O–H groups in total. The highest BCUT2D eigenvalue weighted by molar-refractivity contribution is 5.75. The first-order valence-corrected chi connectivity index (χ1v) is 4.92. The lowest BCUT2D eigenvalue weighted by Gasteiger charge is -2.07. The van der Waals surface area contributed by atoms with Crippen LogP contribution < -0.4 is 16.0 Å². The summed E-state index contributed by atoms with van der Waals surface area (Å²) in [5.41, 5.74) is 3.18. The molecule has 1 amide bonds. The van der Waals surface area contributed by atoms with Crippen LogP contribution in [0, 0.1) is 6.92 Å². The first-order valence-electron chi connectivity index (χ1n) is 4.92. The van der Waals surface area contributed by atoms with E-state index in [1.807, 2.05) is 31.2 Å². The number of carbonyl (C=O) groups excluding carboxylic acids is 1. The van der Waals surface area contributed by atoms with Gasteiger partial charge in [0.1, 0.15) is 5.75 Å². The fourth-order valence-electron chi connectivity index (χ4n) is 1.21. The number of ether oxygens (including phenoxy) is 1. The minimum Gasteiger partial charge on any atom is -0.493 e. The Hall–Kier alpha value is -1.55. The molecule has 0 aliphatic rings. The molecule has 1 aromatic carbocycles. The van der Waals surface area contributed by atoms with Gasteiger partial charge in [0, 0.05) is 6.42 Å². The van der Waals surface area contributed by atoms with Crippen molar-refractivity contribution in [2.24, 2.45) is 5.84 Å². The summed E-state index contributed by atoms with van der Waals surface area (Å²) in [4.78, 5) is 10.8. The second-order valence-corrected chi connectivity index (χ2v) is 3.29. The van der Waals surface area contributed by atoms with E-state index in [2.05, 4.69) is 5.43 Å². The quantitative estimate of drug-likeness (QED) is 0.330. The van der Waals surface area contributed by atoms with Crippen LogP contribution >= 0.6 is 0 Å². The molecule has 4 nitrogen and oxygen atoms in total. The van der Waals surface area contributed by atoms with Crippen LogP contribution in [0.5, 0.6) is 5.75 Å². The summed E-state index contributed by atoms with van der Waals surface area (Å²) in [6.07, 6.45) is 1.06. The molecule has 0 saturated heterocycles. The summed E-state index contributed by atoms with van der Waals surface area (Å²) in [6.45, 7) is 2.51. The van der Waals surface area contributed by atoms with Crippen molar-refractivity contribution in [3.8, 4) is 5.75 Å². The lowest BCUT2D eigenvalue weighted by atomic mass is 10.2. The molecule has 0 atom stereocenters. The van der Waals surface area contributed by atoms with Crippen LogP contribution in [0.3, 0.4) is 0 Å². The summed E-state index contributed by atoms with van der Waals surface area (Å²) in [5, 5.41) is 0. The van der Waals surface area contributed by atoms with Crippen LogP contribution in [-0.2, 0) is 4.79 Å². The fraction of sp³-hybridized carbons (Fsp3) is 0.364. The highest BCUT2D eigenvalue weighted by atomic mass is 16.5. The van der Waals surface area contributed by atoms with Gasteiger partial charge in [-0.2, -0.15) is 0 Å². The number of hydrazine groups is 1. The molecule has 4 heteroatoms. The molecular weight excluding hydrogens is 192 g/mol. The molecule has 15 heavy (non-hydrogen) atoms. The largest absolute Gasteiger partial charge is 0.493 e. The normalized spacial score (nSPS) is 9.73. The predicted molar refractivity (Wildman–Crippen MR) is 58.2 cm³/mol. The number of benzene rings is 1. The SMILES string of the molecule is Cc1ccccc1OCCCC(=O)NN. The molecule has 1 rings (SSSR count). The third-order valence-corrected chi connectivity index (χ3v) is 2.06. The van der Waals surface area contributed by atoms with Gasteiger partial charge in [0.2, 0.25) is 5.91 Å². The maximum atomic E-state index is 10.8. The van der Waals surface area contributed by atoms with Crippen molar-refractivity contribution in [3.05, 3.63) is 29.8 Å². The van der Waals surface area contributed by atoms with Crippen LogP contribution in [0.2, 0.25) is 0 Å². The first kappa shape index (κ1) is 11.5. The molecule has 0 radical (unpaired) electrons. The molecule has 0 aliphatic heterocycles. The van der Waals surface area contributed by atoms with E-state index >= 15 is 0 Å². The Morgan fingerprint density at radius 1 is 1.47 bits per heavy atom. The summed E-state index contributed by atoms with van der Waals surface area (Å²) in [6, 6.07) is 7.79. The average Bonchev–Trinajstić information content (AvgIpc) is 2.26. The second-order valence-electron chi connectivity index (χ2n) is 3.29. The van der Waals surface area contributed by atoms with E-state index in [1.54, 1.807) is 0 Å². The minimum absolute atomic E-state index is 0.164. The van der Waals surface area contributed by atoms with Gasteiger partial charge in [-0.15, -0.1) is 0 Å². The van der Waals surface area contributed by atoms with Gasteiger partial charge >= 0.3 is 0 Å². The minimum atomic E-state index is -0.164. The van der Waals surface area contributed by atoms with Crippen molar-refractivity contribution in [1.29, 1.82) is 0 Å². The fourth-order valence-corrected chi connectivity index (χ4v) is 1.21. The Labute approximate surface area is 89.4 Å². The van der Waals surface area contributed by atoms with Gasteiger partial charge < -0.3 is 4.74 Å². The average molecular weight is 208 g/mol. The third-order valence-electron chi connectivity index (χ3n) is 2.06. The zero-order valence-corrected chi connectivity index (χ0v) is 8.82. The maximum Gasteiger partial charge on any atom is 0.234 e. The number of aryl methyl sites for hydroxylation is 1. The third kappa shape index (κ3) is 3.99. The zero-order valence-electron chi connectivity index (χ0n) is 8.82. The van der Waals surface area contributed by atoms with Gasteiger partial charge in [0.25, 0.3) is 0 Å². The highest BCUT2D eigenvalue weighted by Gasteiger charge is 2.00. The van der Waals surface area contributed by atoms with E-state index in [0.29, 0.717) is 19.4 Å².